The van der Waals surface area contributed by atoms with E-state index >= 15 is 0 Å². The number of hydrogen-bond acceptors (Lipinski definition) is 4. The highest BCUT2D eigenvalue weighted by Gasteiger charge is 2.21. The third-order valence-corrected chi connectivity index (χ3v) is 5.57. The van der Waals surface area contributed by atoms with Gasteiger partial charge in [0.15, 0.2) is 0 Å². The molecule has 0 spiro atoms. The highest BCUT2D eigenvalue weighted by Crippen LogP contribution is 2.32. The minimum absolute atomic E-state index is 0.0315. The molecule has 1 aromatic heterocycles. The first-order chi connectivity index (χ1) is 15.5. The van der Waals surface area contributed by atoms with Gasteiger partial charge in [0.1, 0.15) is 11.6 Å². The van der Waals surface area contributed by atoms with E-state index in [1.165, 1.54) is 12.1 Å². The van der Waals surface area contributed by atoms with E-state index < -0.39 is 0 Å². The number of aromatic nitrogens is 2. The normalized spacial score (nSPS) is 15.7. The molecule has 1 aliphatic heterocycles. The molecule has 2 aromatic carbocycles. The molecule has 168 valence electrons. The summed E-state index contributed by atoms with van der Waals surface area (Å²) < 4.78 is 26.9. The average Bonchev–Trinajstić information content (AvgIpc) is 3.40. The zero-order chi connectivity index (χ0) is 22.5. The number of hydrogen-bond donors (Lipinski definition) is 1. The standard InChI is InChI=1S/C25H28FN3O3/c1-17-5-3-6-21(15-17)32-25-23(12-13-24(30)27-16-22-7-4-14-31-22)18(2)28-29(25)20-10-8-19(26)9-11-20/h3,5-6,8-11,15,22H,4,7,12-14,16H2,1-2H3,(H,27,30). The molecule has 6 nitrogen and oxygen atoms in total. The molecule has 1 saturated heterocycles. The zero-order valence-corrected chi connectivity index (χ0v) is 18.4. The smallest absolute Gasteiger partial charge is 0.226 e. The van der Waals surface area contributed by atoms with Gasteiger partial charge in [-0.3, -0.25) is 4.79 Å². The lowest BCUT2D eigenvalue weighted by atomic mass is 10.1. The number of aryl methyl sites for hydroxylation is 2. The van der Waals surface area contributed by atoms with Gasteiger partial charge >= 0.3 is 0 Å². The highest BCUT2D eigenvalue weighted by molar-refractivity contribution is 5.76. The molecule has 4 rings (SSSR count). The quantitative estimate of drug-likeness (QED) is 0.557. The third kappa shape index (κ3) is 5.34. The second-order valence-corrected chi connectivity index (χ2v) is 8.12. The summed E-state index contributed by atoms with van der Waals surface area (Å²) in [4.78, 5) is 12.4. The van der Waals surface area contributed by atoms with Crippen molar-refractivity contribution in [3.8, 4) is 17.3 Å². The number of carbonyl (C=O) groups is 1. The van der Waals surface area contributed by atoms with Crippen molar-refractivity contribution in [1.82, 2.24) is 15.1 Å². The molecule has 0 saturated carbocycles. The maximum Gasteiger partial charge on any atom is 0.226 e. The van der Waals surface area contributed by atoms with Crippen molar-refractivity contribution in [2.24, 2.45) is 0 Å². The van der Waals surface area contributed by atoms with Crippen LogP contribution in [0.4, 0.5) is 4.39 Å². The highest BCUT2D eigenvalue weighted by atomic mass is 19.1. The Kier molecular flexibility index (Phi) is 6.85. The summed E-state index contributed by atoms with van der Waals surface area (Å²) in [6, 6.07) is 13.8. The summed E-state index contributed by atoms with van der Waals surface area (Å²) in [7, 11) is 0. The van der Waals surface area contributed by atoms with Crippen LogP contribution in [0.2, 0.25) is 0 Å². The van der Waals surface area contributed by atoms with E-state index in [9.17, 15) is 9.18 Å². The number of nitrogens with zero attached hydrogens (tertiary/aromatic N) is 2. The minimum Gasteiger partial charge on any atom is -0.439 e. The van der Waals surface area contributed by atoms with Crippen LogP contribution in [-0.2, 0) is 16.0 Å². The lowest BCUT2D eigenvalue weighted by Gasteiger charge is -2.13. The fourth-order valence-corrected chi connectivity index (χ4v) is 3.84. The second-order valence-electron chi connectivity index (χ2n) is 8.12. The van der Waals surface area contributed by atoms with E-state index in [2.05, 4.69) is 10.4 Å². The molecule has 32 heavy (non-hydrogen) atoms. The Morgan fingerprint density at radius 1 is 1.25 bits per heavy atom. The summed E-state index contributed by atoms with van der Waals surface area (Å²) in [5, 5.41) is 7.60. The Hall–Kier alpha value is -3.19. The number of benzene rings is 2. The first-order valence-electron chi connectivity index (χ1n) is 11.0. The third-order valence-electron chi connectivity index (χ3n) is 5.57. The van der Waals surface area contributed by atoms with Crippen LogP contribution in [0.3, 0.4) is 0 Å². The Balaban J connectivity index is 1.55. The van der Waals surface area contributed by atoms with Crippen LogP contribution in [0.1, 0.15) is 36.1 Å². The number of rotatable bonds is 8. The lowest BCUT2D eigenvalue weighted by molar-refractivity contribution is -0.121. The molecule has 7 heteroatoms. The predicted molar refractivity (Wildman–Crippen MR) is 120 cm³/mol. The molecule has 1 atom stereocenters. The molecule has 0 bridgehead atoms. The Morgan fingerprint density at radius 2 is 2.06 bits per heavy atom. The van der Waals surface area contributed by atoms with Crippen LogP contribution < -0.4 is 10.1 Å². The number of amides is 1. The number of ether oxygens (including phenoxy) is 2. The molecule has 1 N–H and O–H groups in total. The second kappa shape index (κ2) is 9.96. The van der Waals surface area contributed by atoms with Gasteiger partial charge in [-0.1, -0.05) is 12.1 Å². The largest absolute Gasteiger partial charge is 0.439 e. The molecule has 0 aliphatic carbocycles. The summed E-state index contributed by atoms with van der Waals surface area (Å²) in [6.07, 6.45) is 2.93. The van der Waals surface area contributed by atoms with E-state index in [-0.39, 0.29) is 17.8 Å². The summed E-state index contributed by atoms with van der Waals surface area (Å²) in [6.45, 7) is 5.19. The topological polar surface area (TPSA) is 65.4 Å². The van der Waals surface area contributed by atoms with E-state index in [1.54, 1.807) is 16.8 Å². The van der Waals surface area contributed by atoms with Crippen molar-refractivity contribution < 1.29 is 18.7 Å². The molecule has 1 fully saturated rings. The average molecular weight is 438 g/mol. The van der Waals surface area contributed by atoms with E-state index in [0.717, 1.165) is 36.3 Å². The molecule has 2 heterocycles. The van der Waals surface area contributed by atoms with Crippen LogP contribution in [0.25, 0.3) is 5.69 Å². The van der Waals surface area contributed by atoms with Gasteiger partial charge in [-0.2, -0.15) is 5.10 Å². The van der Waals surface area contributed by atoms with Gasteiger partial charge in [-0.15, -0.1) is 0 Å². The van der Waals surface area contributed by atoms with Gasteiger partial charge in [-0.25, -0.2) is 9.07 Å². The molecular formula is C25H28FN3O3. The van der Waals surface area contributed by atoms with Gasteiger partial charge in [0, 0.05) is 25.1 Å². The molecule has 3 aromatic rings. The fraction of sp³-hybridized carbons (Fsp3) is 0.360. The van der Waals surface area contributed by atoms with Crippen LogP contribution in [0.5, 0.6) is 11.6 Å². The summed E-state index contributed by atoms with van der Waals surface area (Å²) in [5.74, 6) is 0.863. The molecular weight excluding hydrogens is 409 g/mol. The van der Waals surface area contributed by atoms with E-state index in [1.807, 2.05) is 38.1 Å². The maximum atomic E-state index is 13.5. The first-order valence-corrected chi connectivity index (χ1v) is 11.0. The summed E-state index contributed by atoms with van der Waals surface area (Å²) >= 11 is 0. The monoisotopic (exact) mass is 437 g/mol. The number of nitrogens with one attached hydrogen (secondary N) is 1. The van der Waals surface area contributed by atoms with Crippen molar-refractivity contribution in [3.05, 3.63) is 71.2 Å². The number of halogens is 1. The van der Waals surface area contributed by atoms with Crippen molar-refractivity contribution in [2.45, 2.75) is 45.6 Å². The van der Waals surface area contributed by atoms with Gasteiger partial charge in [0.2, 0.25) is 11.8 Å². The SMILES string of the molecule is Cc1cccc(Oc2c(CCC(=O)NCC3CCCO3)c(C)nn2-c2ccc(F)cc2)c1. The van der Waals surface area contributed by atoms with Crippen molar-refractivity contribution in [1.29, 1.82) is 0 Å². The maximum absolute atomic E-state index is 13.5. The van der Waals surface area contributed by atoms with E-state index in [4.69, 9.17) is 9.47 Å². The van der Waals surface area contributed by atoms with E-state index in [0.29, 0.717) is 36.7 Å². The zero-order valence-electron chi connectivity index (χ0n) is 18.4. The van der Waals surface area contributed by atoms with Crippen molar-refractivity contribution >= 4 is 5.91 Å². The molecule has 0 radical (unpaired) electrons. The Morgan fingerprint density at radius 3 is 2.78 bits per heavy atom. The molecule has 1 amide bonds. The first kappa shape index (κ1) is 22.0. The fourth-order valence-electron chi connectivity index (χ4n) is 3.84. The van der Waals surface area contributed by atoms with Gasteiger partial charge in [0.05, 0.1) is 17.5 Å². The van der Waals surface area contributed by atoms with Crippen LogP contribution in [0.15, 0.2) is 48.5 Å². The number of carbonyl (C=O) groups excluding carboxylic acids is 1. The van der Waals surface area contributed by atoms with Gasteiger partial charge < -0.3 is 14.8 Å². The van der Waals surface area contributed by atoms with Crippen LogP contribution in [-0.4, -0.2) is 34.9 Å². The van der Waals surface area contributed by atoms with Crippen LogP contribution in [0, 0.1) is 19.7 Å². The summed E-state index contributed by atoms with van der Waals surface area (Å²) in [5.41, 5.74) is 3.38. The molecule has 1 unspecified atom stereocenters. The lowest BCUT2D eigenvalue weighted by Crippen LogP contribution is -2.31. The van der Waals surface area contributed by atoms with Crippen molar-refractivity contribution in [2.75, 3.05) is 13.2 Å². The van der Waals surface area contributed by atoms with Gasteiger partial charge in [-0.05, 0) is 75.1 Å². The van der Waals surface area contributed by atoms with Crippen LogP contribution >= 0.6 is 0 Å². The van der Waals surface area contributed by atoms with Crippen molar-refractivity contribution in [3.63, 3.8) is 0 Å². The Labute approximate surface area is 187 Å². The Bertz CT molecular complexity index is 1070. The van der Waals surface area contributed by atoms with Gasteiger partial charge in [0.25, 0.3) is 0 Å². The molecule has 1 aliphatic rings. The minimum atomic E-state index is -0.318. The predicted octanol–water partition coefficient (Wildman–Crippen LogP) is 4.65.